The minimum absolute atomic E-state index is 0.0895. The molecule has 3 N–H and O–H groups in total. The van der Waals surface area contributed by atoms with Crippen LogP contribution in [0, 0.1) is 0 Å². The molecule has 0 atom stereocenters. The van der Waals surface area contributed by atoms with Gasteiger partial charge in [0.2, 0.25) is 0 Å². The first-order valence-corrected chi connectivity index (χ1v) is 7.34. The van der Waals surface area contributed by atoms with E-state index in [9.17, 15) is 0 Å². The molecule has 2 aromatic carbocycles. The Morgan fingerprint density at radius 1 is 1.25 bits per heavy atom. The summed E-state index contributed by atoms with van der Waals surface area (Å²) in [5.74, 6) is 0.919. The molecule has 0 saturated carbocycles. The van der Waals surface area contributed by atoms with E-state index in [0.29, 0.717) is 5.56 Å². The zero-order valence-electron chi connectivity index (χ0n) is 10.7. The van der Waals surface area contributed by atoms with Crippen molar-refractivity contribution in [3.63, 3.8) is 0 Å². The van der Waals surface area contributed by atoms with Crippen LogP contribution in [0.5, 0.6) is 5.75 Å². The summed E-state index contributed by atoms with van der Waals surface area (Å²) in [6, 6.07) is 13.4. The third kappa shape index (κ3) is 3.46. The molecular formula is C14H13BrN2O2S. The normalized spacial score (nSPS) is 11.4. The quantitative estimate of drug-likeness (QED) is 0.381. The first kappa shape index (κ1) is 14.7. The molecule has 104 valence electrons. The summed E-state index contributed by atoms with van der Waals surface area (Å²) >= 11 is 5.11. The largest absolute Gasteiger partial charge is 0.497 e. The van der Waals surface area contributed by atoms with Crippen LogP contribution in [-0.2, 0) is 0 Å². The van der Waals surface area contributed by atoms with Gasteiger partial charge in [-0.25, -0.2) is 0 Å². The van der Waals surface area contributed by atoms with Crippen LogP contribution in [-0.4, -0.2) is 18.2 Å². The summed E-state index contributed by atoms with van der Waals surface area (Å²) in [6.07, 6.45) is 0. The zero-order chi connectivity index (χ0) is 14.5. The van der Waals surface area contributed by atoms with E-state index in [1.165, 1.54) is 0 Å². The number of hydrogen-bond acceptors (Lipinski definition) is 4. The van der Waals surface area contributed by atoms with Gasteiger partial charge in [0, 0.05) is 19.8 Å². The molecule has 0 radical (unpaired) electrons. The van der Waals surface area contributed by atoms with E-state index in [0.717, 1.165) is 20.0 Å². The Bertz CT molecular complexity index is 630. The fraction of sp³-hybridized carbons (Fsp3) is 0.0714. The van der Waals surface area contributed by atoms with Crippen molar-refractivity contribution in [3.05, 3.63) is 52.5 Å². The smallest absolute Gasteiger partial charge is 0.170 e. The molecule has 0 bridgehead atoms. The van der Waals surface area contributed by atoms with Gasteiger partial charge in [-0.2, -0.15) is 0 Å². The summed E-state index contributed by atoms with van der Waals surface area (Å²) in [5.41, 5.74) is 6.22. The second-order valence-corrected chi connectivity index (χ2v) is 5.88. The summed E-state index contributed by atoms with van der Waals surface area (Å²) in [4.78, 5) is 2.15. The van der Waals surface area contributed by atoms with E-state index >= 15 is 0 Å². The maximum Gasteiger partial charge on any atom is 0.170 e. The molecule has 0 aliphatic heterocycles. The first-order chi connectivity index (χ1) is 9.63. The minimum atomic E-state index is 0.0895. The second-order valence-electron chi connectivity index (χ2n) is 3.91. The molecule has 0 spiro atoms. The summed E-state index contributed by atoms with van der Waals surface area (Å²) in [6.45, 7) is 0. The summed E-state index contributed by atoms with van der Waals surface area (Å²) < 4.78 is 6.02. The maximum absolute atomic E-state index is 8.66. The Morgan fingerprint density at radius 2 is 1.95 bits per heavy atom. The highest BCUT2D eigenvalue weighted by Crippen LogP contribution is 2.34. The number of nitrogens with zero attached hydrogens (tertiary/aromatic N) is 1. The third-order valence-corrected chi connectivity index (χ3v) is 4.62. The van der Waals surface area contributed by atoms with Gasteiger partial charge in [0.15, 0.2) is 5.84 Å². The highest BCUT2D eigenvalue weighted by molar-refractivity contribution is 9.10. The fourth-order valence-electron chi connectivity index (χ4n) is 1.57. The Kier molecular flexibility index (Phi) is 4.92. The number of benzene rings is 2. The molecule has 0 aromatic heterocycles. The van der Waals surface area contributed by atoms with E-state index < -0.39 is 0 Å². The molecule has 20 heavy (non-hydrogen) atoms. The van der Waals surface area contributed by atoms with Crippen molar-refractivity contribution in [2.75, 3.05) is 7.11 Å². The summed E-state index contributed by atoms with van der Waals surface area (Å²) in [5, 5.41) is 11.6. The molecule has 2 rings (SSSR count). The van der Waals surface area contributed by atoms with Gasteiger partial charge >= 0.3 is 0 Å². The number of halogens is 1. The van der Waals surface area contributed by atoms with Crippen molar-refractivity contribution in [1.29, 1.82) is 0 Å². The average molecular weight is 353 g/mol. The molecule has 6 heteroatoms. The van der Waals surface area contributed by atoms with Crippen molar-refractivity contribution in [2.24, 2.45) is 10.9 Å². The molecule has 0 amide bonds. The van der Waals surface area contributed by atoms with Crippen LogP contribution in [0.2, 0.25) is 0 Å². The van der Waals surface area contributed by atoms with Crippen LogP contribution in [0.4, 0.5) is 0 Å². The average Bonchev–Trinajstić information content (AvgIpc) is 2.49. The Morgan fingerprint density at radius 3 is 2.50 bits per heavy atom. The van der Waals surface area contributed by atoms with Crippen LogP contribution in [0.25, 0.3) is 0 Å². The van der Waals surface area contributed by atoms with E-state index in [1.807, 2.05) is 42.5 Å². The van der Waals surface area contributed by atoms with Gasteiger partial charge < -0.3 is 15.7 Å². The van der Waals surface area contributed by atoms with Crippen LogP contribution in [0.15, 0.2) is 61.9 Å². The number of hydrogen-bond donors (Lipinski definition) is 2. The molecule has 0 fully saturated rings. The monoisotopic (exact) mass is 352 g/mol. The number of nitrogens with two attached hydrogens (primary N) is 1. The van der Waals surface area contributed by atoms with E-state index in [4.69, 9.17) is 15.7 Å². The van der Waals surface area contributed by atoms with Crippen LogP contribution >= 0.6 is 27.7 Å². The molecule has 2 aromatic rings. The van der Waals surface area contributed by atoms with Crippen LogP contribution < -0.4 is 10.5 Å². The van der Waals surface area contributed by atoms with Crippen LogP contribution in [0.1, 0.15) is 5.56 Å². The molecular weight excluding hydrogens is 340 g/mol. The number of amidine groups is 1. The van der Waals surface area contributed by atoms with Crippen molar-refractivity contribution in [3.8, 4) is 5.75 Å². The third-order valence-electron chi connectivity index (χ3n) is 2.62. The van der Waals surface area contributed by atoms with Gasteiger partial charge in [0.25, 0.3) is 0 Å². The lowest BCUT2D eigenvalue weighted by atomic mass is 10.2. The van der Waals surface area contributed by atoms with Crippen molar-refractivity contribution in [2.45, 2.75) is 9.79 Å². The maximum atomic E-state index is 8.66. The van der Waals surface area contributed by atoms with Gasteiger partial charge in [-0.05, 0) is 58.4 Å². The van der Waals surface area contributed by atoms with Gasteiger partial charge in [0.1, 0.15) is 5.75 Å². The predicted octanol–water partition coefficient (Wildman–Crippen LogP) is 3.70. The highest BCUT2D eigenvalue weighted by atomic mass is 79.9. The van der Waals surface area contributed by atoms with Crippen molar-refractivity contribution in [1.82, 2.24) is 0 Å². The van der Waals surface area contributed by atoms with E-state index in [2.05, 4.69) is 21.1 Å². The molecule has 0 unspecified atom stereocenters. The van der Waals surface area contributed by atoms with Gasteiger partial charge in [0.05, 0.1) is 7.11 Å². The van der Waals surface area contributed by atoms with Crippen LogP contribution in [0.3, 0.4) is 0 Å². The lowest BCUT2D eigenvalue weighted by molar-refractivity contribution is 0.318. The molecule has 0 heterocycles. The van der Waals surface area contributed by atoms with Gasteiger partial charge in [-0.3, -0.25) is 0 Å². The zero-order valence-corrected chi connectivity index (χ0v) is 13.1. The second kappa shape index (κ2) is 6.67. The fourth-order valence-corrected chi connectivity index (χ4v) is 3.01. The predicted molar refractivity (Wildman–Crippen MR) is 83.8 cm³/mol. The molecule has 0 aliphatic carbocycles. The lowest BCUT2D eigenvalue weighted by Gasteiger charge is -2.07. The van der Waals surface area contributed by atoms with E-state index in [-0.39, 0.29) is 5.84 Å². The SMILES string of the molecule is COc1ccc(Sc2ccc(/C(N)=N/O)cc2Br)cc1. The standard InChI is InChI=1S/C14H13BrN2O2S/c1-19-10-3-5-11(6-4-10)20-13-7-2-9(8-12(13)15)14(16)17-18/h2-8,18H,1H3,(H2,16,17). The van der Waals surface area contributed by atoms with Crippen molar-refractivity contribution >= 4 is 33.5 Å². The number of oxime groups is 1. The summed E-state index contributed by atoms with van der Waals surface area (Å²) in [7, 11) is 1.64. The lowest BCUT2D eigenvalue weighted by Crippen LogP contribution is -2.12. The Hall–Kier alpha value is -1.66. The minimum Gasteiger partial charge on any atom is -0.497 e. The molecule has 0 saturated heterocycles. The number of rotatable bonds is 4. The van der Waals surface area contributed by atoms with Gasteiger partial charge in [-0.1, -0.05) is 16.9 Å². The first-order valence-electron chi connectivity index (χ1n) is 5.73. The van der Waals surface area contributed by atoms with E-state index in [1.54, 1.807) is 18.9 Å². The van der Waals surface area contributed by atoms with Crippen molar-refractivity contribution < 1.29 is 9.94 Å². The molecule has 4 nitrogen and oxygen atoms in total. The Balaban J connectivity index is 2.20. The Labute approximate surface area is 129 Å². The molecule has 0 aliphatic rings. The number of methoxy groups -OCH3 is 1. The van der Waals surface area contributed by atoms with Gasteiger partial charge in [-0.15, -0.1) is 0 Å². The topological polar surface area (TPSA) is 67.8 Å². The highest BCUT2D eigenvalue weighted by Gasteiger charge is 2.06. The number of ether oxygens (including phenoxy) is 1.